The predicted octanol–water partition coefficient (Wildman–Crippen LogP) is 4.45. The lowest BCUT2D eigenvalue weighted by Gasteiger charge is -2.06. The molecule has 1 amide bonds. The number of anilines is 1. The van der Waals surface area contributed by atoms with Gasteiger partial charge in [0.1, 0.15) is 17.3 Å². The first-order valence-corrected chi connectivity index (χ1v) is 7.29. The van der Waals surface area contributed by atoms with E-state index in [1.54, 1.807) is 30.3 Å². The van der Waals surface area contributed by atoms with Gasteiger partial charge in [-0.05, 0) is 29.8 Å². The van der Waals surface area contributed by atoms with E-state index in [2.05, 4.69) is 5.32 Å². The highest BCUT2D eigenvalue weighted by atomic mass is 35.5. The molecule has 0 aliphatic heterocycles. The third kappa shape index (κ3) is 4.10. The largest absolute Gasteiger partial charge is 0.316 e. The molecule has 2 aromatic carbocycles. The third-order valence-corrected chi connectivity index (χ3v) is 3.55. The van der Waals surface area contributed by atoms with Gasteiger partial charge in [-0.2, -0.15) is 5.26 Å². The lowest BCUT2D eigenvalue weighted by Crippen LogP contribution is -2.14. The number of nitrogens with zero attached hydrogens (tertiary/aromatic N) is 2. The summed E-state index contributed by atoms with van der Waals surface area (Å²) in [5, 5.41) is 23.1. The SMILES string of the molecule is N#C/C(=C/c1ccccc1Cl)C(=O)Nc1ccc(Cl)cc1[N+](=O)[O-]. The van der Waals surface area contributed by atoms with Crippen LogP contribution in [0, 0.1) is 21.4 Å². The van der Waals surface area contributed by atoms with Gasteiger partial charge < -0.3 is 5.32 Å². The molecule has 120 valence electrons. The average molecular weight is 362 g/mol. The fraction of sp³-hybridized carbons (Fsp3) is 0. The Labute approximate surface area is 147 Å². The van der Waals surface area contributed by atoms with Gasteiger partial charge in [-0.3, -0.25) is 14.9 Å². The van der Waals surface area contributed by atoms with Crippen molar-refractivity contribution in [2.45, 2.75) is 0 Å². The van der Waals surface area contributed by atoms with Crippen LogP contribution in [-0.4, -0.2) is 10.8 Å². The van der Waals surface area contributed by atoms with Crippen LogP contribution in [0.25, 0.3) is 6.08 Å². The number of nitro groups is 1. The highest BCUT2D eigenvalue weighted by Crippen LogP contribution is 2.28. The van der Waals surface area contributed by atoms with E-state index in [9.17, 15) is 20.2 Å². The second-order valence-corrected chi connectivity index (χ2v) is 5.41. The number of hydrogen-bond acceptors (Lipinski definition) is 4. The first-order chi connectivity index (χ1) is 11.4. The zero-order valence-electron chi connectivity index (χ0n) is 12.0. The maximum atomic E-state index is 12.2. The first kappa shape index (κ1) is 17.5. The molecule has 0 fully saturated rings. The molecule has 0 aromatic heterocycles. The minimum atomic E-state index is -0.789. The second kappa shape index (κ2) is 7.59. The number of nitriles is 1. The van der Waals surface area contributed by atoms with E-state index < -0.39 is 10.8 Å². The van der Waals surface area contributed by atoms with E-state index >= 15 is 0 Å². The topological polar surface area (TPSA) is 96.0 Å². The molecule has 2 rings (SSSR count). The summed E-state index contributed by atoms with van der Waals surface area (Å²) < 4.78 is 0. The molecule has 8 heteroatoms. The summed E-state index contributed by atoms with van der Waals surface area (Å²) in [5.74, 6) is -0.789. The molecule has 0 spiro atoms. The number of carbonyl (C=O) groups is 1. The Kier molecular flexibility index (Phi) is 5.53. The number of benzene rings is 2. The Morgan fingerprint density at radius 2 is 1.96 bits per heavy atom. The molecule has 24 heavy (non-hydrogen) atoms. The van der Waals surface area contributed by atoms with E-state index in [0.29, 0.717) is 10.6 Å². The van der Waals surface area contributed by atoms with Crippen molar-refractivity contribution in [2.24, 2.45) is 0 Å². The van der Waals surface area contributed by atoms with E-state index in [1.165, 1.54) is 18.2 Å². The van der Waals surface area contributed by atoms with Gasteiger partial charge in [0.05, 0.1) is 4.92 Å². The van der Waals surface area contributed by atoms with Crippen LogP contribution in [0.1, 0.15) is 5.56 Å². The minimum Gasteiger partial charge on any atom is -0.316 e. The highest BCUT2D eigenvalue weighted by molar-refractivity contribution is 6.32. The molecule has 0 aliphatic carbocycles. The molecule has 0 bridgehead atoms. The lowest BCUT2D eigenvalue weighted by molar-refractivity contribution is -0.383. The van der Waals surface area contributed by atoms with Gasteiger partial charge in [-0.25, -0.2) is 0 Å². The van der Waals surface area contributed by atoms with Crippen molar-refractivity contribution in [3.8, 4) is 6.07 Å². The summed E-state index contributed by atoms with van der Waals surface area (Å²) >= 11 is 11.7. The maximum Gasteiger partial charge on any atom is 0.294 e. The van der Waals surface area contributed by atoms with E-state index in [4.69, 9.17) is 23.2 Å². The molecule has 0 radical (unpaired) electrons. The number of hydrogen-bond donors (Lipinski definition) is 1. The Hall–Kier alpha value is -2.88. The Bertz CT molecular complexity index is 888. The number of nitro benzene ring substituents is 1. The summed E-state index contributed by atoms with van der Waals surface area (Å²) in [7, 11) is 0. The van der Waals surface area contributed by atoms with Crippen molar-refractivity contribution < 1.29 is 9.72 Å². The zero-order chi connectivity index (χ0) is 17.7. The lowest BCUT2D eigenvalue weighted by atomic mass is 10.1. The number of nitrogens with one attached hydrogen (secondary N) is 1. The van der Waals surface area contributed by atoms with Crippen molar-refractivity contribution in [1.82, 2.24) is 0 Å². The molecule has 0 unspecified atom stereocenters. The van der Waals surface area contributed by atoms with Crippen LogP contribution in [-0.2, 0) is 4.79 Å². The summed E-state index contributed by atoms with van der Waals surface area (Å²) in [6, 6.07) is 12.2. The van der Waals surface area contributed by atoms with Crippen LogP contribution in [0.4, 0.5) is 11.4 Å². The van der Waals surface area contributed by atoms with Gasteiger partial charge in [-0.1, -0.05) is 41.4 Å². The number of rotatable bonds is 4. The summed E-state index contributed by atoms with van der Waals surface area (Å²) in [6.45, 7) is 0. The van der Waals surface area contributed by atoms with Crippen molar-refractivity contribution in [1.29, 1.82) is 5.26 Å². The highest BCUT2D eigenvalue weighted by Gasteiger charge is 2.18. The molecule has 2 aromatic rings. The average Bonchev–Trinajstić information content (AvgIpc) is 2.55. The fourth-order valence-corrected chi connectivity index (χ4v) is 2.20. The van der Waals surface area contributed by atoms with Crippen LogP contribution in [0.5, 0.6) is 0 Å². The molecular weight excluding hydrogens is 353 g/mol. The zero-order valence-corrected chi connectivity index (χ0v) is 13.5. The van der Waals surface area contributed by atoms with E-state index in [-0.39, 0.29) is 22.0 Å². The molecule has 0 aliphatic rings. The minimum absolute atomic E-state index is 0.0605. The van der Waals surface area contributed by atoms with Gasteiger partial charge in [-0.15, -0.1) is 0 Å². The molecular formula is C16H9Cl2N3O3. The van der Waals surface area contributed by atoms with Crippen molar-refractivity contribution in [2.75, 3.05) is 5.32 Å². The van der Waals surface area contributed by atoms with Gasteiger partial charge in [0.25, 0.3) is 11.6 Å². The Morgan fingerprint density at radius 3 is 2.58 bits per heavy atom. The molecule has 6 nitrogen and oxygen atoms in total. The van der Waals surface area contributed by atoms with Crippen LogP contribution >= 0.6 is 23.2 Å². The van der Waals surface area contributed by atoms with Gasteiger partial charge in [0.2, 0.25) is 0 Å². The summed E-state index contributed by atoms with van der Waals surface area (Å²) in [5.41, 5.74) is -0.190. The monoisotopic (exact) mass is 361 g/mol. The fourth-order valence-electron chi connectivity index (χ4n) is 1.85. The summed E-state index contributed by atoms with van der Waals surface area (Å²) in [6.07, 6.45) is 1.30. The molecule has 0 heterocycles. The Morgan fingerprint density at radius 1 is 1.25 bits per heavy atom. The Balaban J connectivity index is 2.34. The van der Waals surface area contributed by atoms with Gasteiger partial charge in [0, 0.05) is 16.1 Å². The van der Waals surface area contributed by atoms with Crippen LogP contribution in [0.2, 0.25) is 10.0 Å². The molecule has 0 atom stereocenters. The number of halogens is 2. The number of carbonyl (C=O) groups excluding carboxylic acids is 1. The predicted molar refractivity (Wildman–Crippen MR) is 91.8 cm³/mol. The second-order valence-electron chi connectivity index (χ2n) is 4.56. The van der Waals surface area contributed by atoms with Crippen molar-refractivity contribution in [3.63, 3.8) is 0 Å². The number of amides is 1. The summed E-state index contributed by atoms with van der Waals surface area (Å²) in [4.78, 5) is 22.6. The normalized spacial score (nSPS) is 10.8. The third-order valence-electron chi connectivity index (χ3n) is 2.97. The standard InChI is InChI=1S/C16H9Cl2N3O3/c17-12-5-6-14(15(8-12)21(23)24)20-16(22)11(9-19)7-10-3-1-2-4-13(10)18/h1-8H,(H,20,22)/b11-7-. The van der Waals surface area contributed by atoms with Crippen LogP contribution in [0.3, 0.4) is 0 Å². The van der Waals surface area contributed by atoms with Gasteiger partial charge >= 0.3 is 0 Å². The van der Waals surface area contributed by atoms with E-state index in [1.807, 2.05) is 0 Å². The van der Waals surface area contributed by atoms with Crippen molar-refractivity contribution >= 4 is 46.6 Å². The van der Waals surface area contributed by atoms with E-state index in [0.717, 1.165) is 6.07 Å². The smallest absolute Gasteiger partial charge is 0.294 e. The quantitative estimate of drug-likeness (QED) is 0.376. The molecule has 0 saturated carbocycles. The molecule has 0 saturated heterocycles. The van der Waals surface area contributed by atoms with Crippen LogP contribution < -0.4 is 5.32 Å². The molecule has 1 N–H and O–H groups in total. The maximum absolute atomic E-state index is 12.2. The first-order valence-electron chi connectivity index (χ1n) is 6.54. The van der Waals surface area contributed by atoms with Crippen molar-refractivity contribution in [3.05, 3.63) is 73.8 Å². The van der Waals surface area contributed by atoms with Crippen LogP contribution in [0.15, 0.2) is 48.0 Å². The van der Waals surface area contributed by atoms with Gasteiger partial charge in [0.15, 0.2) is 0 Å².